The first-order chi connectivity index (χ1) is 8.29. The third-order valence-corrected chi connectivity index (χ3v) is 3.02. The highest BCUT2D eigenvalue weighted by Crippen LogP contribution is 2.31. The number of benzene rings is 3. The van der Waals surface area contributed by atoms with Gasteiger partial charge in [-0.15, -0.1) is 0 Å². The molecule has 0 atom stereocenters. The summed E-state index contributed by atoms with van der Waals surface area (Å²) < 4.78 is 18.5. The Hall–Kier alpha value is -2.09. The fourth-order valence-electron chi connectivity index (χ4n) is 2.22. The summed E-state index contributed by atoms with van der Waals surface area (Å²) in [4.78, 5) is 0. The number of ether oxygens (including phenoxy) is 1. The minimum atomic E-state index is -0.209. The number of fused-ring (bicyclic) bond motifs is 3. The normalized spacial score (nSPS) is 10.9. The Bertz CT molecular complexity index is 704. The highest BCUT2D eigenvalue weighted by atomic mass is 19.1. The summed E-state index contributed by atoms with van der Waals surface area (Å²) in [5, 5.41) is 4.09. The van der Waals surface area contributed by atoms with Crippen LogP contribution in [-0.2, 0) is 0 Å². The van der Waals surface area contributed by atoms with E-state index in [9.17, 15) is 4.39 Å². The van der Waals surface area contributed by atoms with Crippen LogP contribution in [0.25, 0.3) is 21.5 Å². The largest absolute Gasteiger partial charge is 0.496 e. The molecule has 0 aliphatic rings. The SMILES string of the molecule is COc1cccc2c1ccc1cc(F)ccc12. The maximum absolute atomic E-state index is 13.2. The summed E-state index contributed by atoms with van der Waals surface area (Å²) in [6.07, 6.45) is 0. The molecule has 1 nitrogen and oxygen atoms in total. The van der Waals surface area contributed by atoms with Crippen molar-refractivity contribution in [1.82, 2.24) is 0 Å². The van der Waals surface area contributed by atoms with Gasteiger partial charge < -0.3 is 4.74 Å². The molecule has 3 aromatic rings. The van der Waals surface area contributed by atoms with Crippen LogP contribution < -0.4 is 4.74 Å². The van der Waals surface area contributed by atoms with Crippen molar-refractivity contribution in [3.05, 3.63) is 54.3 Å². The summed E-state index contributed by atoms with van der Waals surface area (Å²) >= 11 is 0. The van der Waals surface area contributed by atoms with Crippen molar-refractivity contribution in [3.8, 4) is 5.75 Å². The van der Waals surface area contributed by atoms with Gasteiger partial charge in [-0.1, -0.05) is 30.3 Å². The third kappa shape index (κ3) is 1.53. The average molecular weight is 226 g/mol. The predicted octanol–water partition coefficient (Wildman–Crippen LogP) is 4.14. The minimum absolute atomic E-state index is 0.209. The predicted molar refractivity (Wildman–Crippen MR) is 68.0 cm³/mol. The second-order valence-corrected chi connectivity index (χ2v) is 3.99. The Morgan fingerprint density at radius 3 is 2.53 bits per heavy atom. The van der Waals surface area contributed by atoms with E-state index in [1.807, 2.05) is 36.4 Å². The number of hydrogen-bond acceptors (Lipinski definition) is 1. The summed E-state index contributed by atoms with van der Waals surface area (Å²) in [7, 11) is 1.66. The summed E-state index contributed by atoms with van der Waals surface area (Å²) in [5.74, 6) is 0.633. The van der Waals surface area contributed by atoms with Crippen LogP contribution in [0.3, 0.4) is 0 Å². The summed E-state index contributed by atoms with van der Waals surface area (Å²) in [6.45, 7) is 0. The van der Waals surface area contributed by atoms with E-state index < -0.39 is 0 Å². The standard InChI is InChI=1S/C15H11FO/c1-17-15-4-2-3-13-12-8-6-11(16)9-10(12)5-7-14(13)15/h2-9H,1H3. The lowest BCUT2D eigenvalue weighted by Crippen LogP contribution is -1.85. The van der Waals surface area contributed by atoms with Crippen LogP contribution in [0.2, 0.25) is 0 Å². The second kappa shape index (κ2) is 3.74. The first kappa shape index (κ1) is 10.1. The topological polar surface area (TPSA) is 9.23 Å². The van der Waals surface area contributed by atoms with Crippen molar-refractivity contribution < 1.29 is 9.13 Å². The lowest BCUT2D eigenvalue weighted by Gasteiger charge is -2.08. The van der Waals surface area contributed by atoms with Gasteiger partial charge in [0.25, 0.3) is 0 Å². The average Bonchev–Trinajstić information content (AvgIpc) is 2.37. The number of hydrogen-bond donors (Lipinski definition) is 0. The van der Waals surface area contributed by atoms with Crippen molar-refractivity contribution in [3.63, 3.8) is 0 Å². The quantitative estimate of drug-likeness (QED) is 0.566. The molecule has 84 valence electrons. The van der Waals surface area contributed by atoms with E-state index in [1.54, 1.807) is 13.2 Å². The summed E-state index contributed by atoms with van der Waals surface area (Å²) in [6, 6.07) is 14.6. The Morgan fingerprint density at radius 2 is 1.71 bits per heavy atom. The second-order valence-electron chi connectivity index (χ2n) is 3.99. The van der Waals surface area contributed by atoms with E-state index in [-0.39, 0.29) is 5.82 Å². The monoisotopic (exact) mass is 226 g/mol. The molecule has 17 heavy (non-hydrogen) atoms. The molecular formula is C15H11FO. The van der Waals surface area contributed by atoms with Crippen LogP contribution in [0, 0.1) is 5.82 Å². The van der Waals surface area contributed by atoms with Crippen molar-refractivity contribution in [2.45, 2.75) is 0 Å². The Labute approximate surface area is 98.4 Å². The van der Waals surface area contributed by atoms with E-state index in [0.29, 0.717) is 0 Å². The van der Waals surface area contributed by atoms with E-state index >= 15 is 0 Å². The van der Waals surface area contributed by atoms with Gasteiger partial charge in [-0.05, 0) is 34.4 Å². The summed E-state index contributed by atoms with van der Waals surface area (Å²) in [5.41, 5.74) is 0. The van der Waals surface area contributed by atoms with E-state index in [2.05, 4.69) is 0 Å². The van der Waals surface area contributed by atoms with E-state index in [4.69, 9.17) is 4.74 Å². The number of halogens is 1. The smallest absolute Gasteiger partial charge is 0.126 e. The highest BCUT2D eigenvalue weighted by molar-refractivity contribution is 6.09. The molecule has 3 rings (SSSR count). The molecule has 0 aliphatic carbocycles. The Morgan fingerprint density at radius 1 is 0.882 bits per heavy atom. The van der Waals surface area contributed by atoms with Crippen LogP contribution in [0.5, 0.6) is 5.75 Å². The molecule has 0 saturated carbocycles. The van der Waals surface area contributed by atoms with E-state index in [1.165, 1.54) is 6.07 Å². The van der Waals surface area contributed by atoms with Crippen molar-refractivity contribution in [2.75, 3.05) is 7.11 Å². The van der Waals surface area contributed by atoms with Gasteiger partial charge in [0.15, 0.2) is 0 Å². The van der Waals surface area contributed by atoms with Crippen LogP contribution in [-0.4, -0.2) is 7.11 Å². The van der Waals surface area contributed by atoms with Gasteiger partial charge >= 0.3 is 0 Å². The Kier molecular flexibility index (Phi) is 2.22. The molecule has 0 aromatic heterocycles. The van der Waals surface area contributed by atoms with Crippen LogP contribution in [0.1, 0.15) is 0 Å². The van der Waals surface area contributed by atoms with Crippen molar-refractivity contribution in [2.24, 2.45) is 0 Å². The Balaban J connectivity index is 2.48. The van der Waals surface area contributed by atoms with E-state index in [0.717, 1.165) is 27.3 Å². The van der Waals surface area contributed by atoms with Gasteiger partial charge in [-0.25, -0.2) is 4.39 Å². The van der Waals surface area contributed by atoms with Gasteiger partial charge in [0.2, 0.25) is 0 Å². The molecule has 2 heteroatoms. The van der Waals surface area contributed by atoms with Crippen molar-refractivity contribution in [1.29, 1.82) is 0 Å². The van der Waals surface area contributed by atoms with Crippen LogP contribution in [0.15, 0.2) is 48.5 Å². The molecular weight excluding hydrogens is 215 g/mol. The lowest BCUT2D eigenvalue weighted by molar-refractivity contribution is 0.420. The van der Waals surface area contributed by atoms with Crippen LogP contribution in [0.4, 0.5) is 4.39 Å². The lowest BCUT2D eigenvalue weighted by atomic mass is 10.0. The maximum Gasteiger partial charge on any atom is 0.126 e. The molecule has 0 saturated heterocycles. The highest BCUT2D eigenvalue weighted by Gasteiger charge is 2.05. The fraction of sp³-hybridized carbons (Fsp3) is 0.0667. The zero-order chi connectivity index (χ0) is 11.8. The third-order valence-electron chi connectivity index (χ3n) is 3.02. The van der Waals surface area contributed by atoms with Gasteiger partial charge in [0, 0.05) is 5.39 Å². The molecule has 0 amide bonds. The molecule has 0 N–H and O–H groups in total. The fourth-order valence-corrected chi connectivity index (χ4v) is 2.22. The number of rotatable bonds is 1. The molecule has 0 spiro atoms. The van der Waals surface area contributed by atoms with Crippen LogP contribution >= 0.6 is 0 Å². The van der Waals surface area contributed by atoms with Gasteiger partial charge in [-0.3, -0.25) is 0 Å². The van der Waals surface area contributed by atoms with Gasteiger partial charge in [0.05, 0.1) is 7.11 Å². The molecule has 0 unspecified atom stereocenters. The molecule has 0 bridgehead atoms. The van der Waals surface area contributed by atoms with Gasteiger partial charge in [-0.2, -0.15) is 0 Å². The van der Waals surface area contributed by atoms with Gasteiger partial charge in [0.1, 0.15) is 11.6 Å². The zero-order valence-electron chi connectivity index (χ0n) is 9.41. The molecule has 0 radical (unpaired) electrons. The minimum Gasteiger partial charge on any atom is -0.496 e. The molecule has 0 aliphatic heterocycles. The maximum atomic E-state index is 13.2. The zero-order valence-corrected chi connectivity index (χ0v) is 9.41. The van der Waals surface area contributed by atoms with Crippen molar-refractivity contribution >= 4 is 21.5 Å². The molecule has 3 aromatic carbocycles. The first-order valence-corrected chi connectivity index (χ1v) is 5.44. The molecule has 0 heterocycles. The molecule has 0 fully saturated rings. The number of methoxy groups -OCH3 is 1. The first-order valence-electron chi connectivity index (χ1n) is 5.44.